The molecular weight excluding hydrogens is 324 g/mol. The fourth-order valence-corrected chi connectivity index (χ4v) is 2.98. The van der Waals surface area contributed by atoms with Gasteiger partial charge < -0.3 is 11.5 Å². The highest BCUT2D eigenvalue weighted by Crippen LogP contribution is 2.25. The minimum Gasteiger partial charge on any atom is -0.396 e. The second-order valence-electron chi connectivity index (χ2n) is 5.62. The van der Waals surface area contributed by atoms with E-state index in [9.17, 15) is 4.79 Å². The number of nitrogens with zero attached hydrogens (tertiary/aromatic N) is 2. The van der Waals surface area contributed by atoms with Crippen LogP contribution in [0.25, 0.3) is 10.9 Å². The molecular formula is C18H17ClN4O. The molecule has 24 heavy (non-hydrogen) atoms. The molecule has 3 aromatic rings. The minimum absolute atomic E-state index is 0.0126. The molecule has 1 aromatic heterocycles. The second kappa shape index (κ2) is 6.84. The van der Waals surface area contributed by atoms with Crippen LogP contribution < -0.4 is 11.5 Å². The summed E-state index contributed by atoms with van der Waals surface area (Å²) >= 11 is 6.01. The molecule has 0 saturated carbocycles. The van der Waals surface area contributed by atoms with Gasteiger partial charge in [-0.2, -0.15) is 0 Å². The number of rotatable bonds is 5. The van der Waals surface area contributed by atoms with E-state index in [1.165, 1.54) is 5.56 Å². The van der Waals surface area contributed by atoms with E-state index in [0.717, 1.165) is 29.8 Å². The molecule has 0 fully saturated rings. The van der Waals surface area contributed by atoms with Crippen LogP contribution in [-0.2, 0) is 12.8 Å². The second-order valence-corrected chi connectivity index (χ2v) is 6.06. The van der Waals surface area contributed by atoms with Crippen LogP contribution in [0.1, 0.15) is 28.0 Å². The first-order valence-electron chi connectivity index (χ1n) is 7.64. The van der Waals surface area contributed by atoms with Gasteiger partial charge in [0.25, 0.3) is 5.91 Å². The van der Waals surface area contributed by atoms with E-state index >= 15 is 0 Å². The summed E-state index contributed by atoms with van der Waals surface area (Å²) < 4.78 is 0. The number of nitrogen functional groups attached to an aromatic ring is 1. The monoisotopic (exact) mass is 340 g/mol. The van der Waals surface area contributed by atoms with E-state index in [1.807, 2.05) is 36.4 Å². The lowest BCUT2D eigenvalue weighted by atomic mass is 10.0. The van der Waals surface area contributed by atoms with Crippen molar-refractivity contribution in [1.82, 2.24) is 10.2 Å². The van der Waals surface area contributed by atoms with E-state index in [2.05, 4.69) is 16.3 Å². The predicted octanol–water partition coefficient (Wildman–Crippen LogP) is 3.14. The number of carbonyl (C=O) groups excluding carboxylic acids is 1. The zero-order valence-electron chi connectivity index (χ0n) is 13.0. The Hall–Kier alpha value is -2.66. The van der Waals surface area contributed by atoms with Crippen molar-refractivity contribution in [3.8, 4) is 0 Å². The number of nitrogens with two attached hydrogens (primary N) is 2. The molecule has 5 nitrogen and oxygen atoms in total. The summed E-state index contributed by atoms with van der Waals surface area (Å²) in [6, 6.07) is 13.6. The largest absolute Gasteiger partial charge is 0.396 e. The number of fused-ring (bicyclic) bond motifs is 1. The van der Waals surface area contributed by atoms with Gasteiger partial charge in [0.1, 0.15) is 0 Å². The van der Waals surface area contributed by atoms with Gasteiger partial charge in [0.15, 0.2) is 5.69 Å². The van der Waals surface area contributed by atoms with E-state index in [1.54, 1.807) is 0 Å². The van der Waals surface area contributed by atoms with E-state index in [-0.39, 0.29) is 11.4 Å². The third-order valence-electron chi connectivity index (χ3n) is 3.95. The van der Waals surface area contributed by atoms with Crippen LogP contribution in [0, 0.1) is 0 Å². The summed E-state index contributed by atoms with van der Waals surface area (Å²) in [6.45, 7) is 0. The number of hydrogen-bond donors (Lipinski definition) is 2. The number of halogens is 1. The highest BCUT2D eigenvalue weighted by Gasteiger charge is 2.14. The molecule has 0 bridgehead atoms. The molecule has 0 spiro atoms. The molecule has 1 heterocycles. The van der Waals surface area contributed by atoms with Gasteiger partial charge in [-0.05, 0) is 42.5 Å². The van der Waals surface area contributed by atoms with Crippen molar-refractivity contribution in [3.05, 3.63) is 64.3 Å². The summed E-state index contributed by atoms with van der Waals surface area (Å²) in [4.78, 5) is 11.3. The average Bonchev–Trinajstić information content (AvgIpc) is 2.55. The van der Waals surface area contributed by atoms with Crippen LogP contribution in [0.15, 0.2) is 42.5 Å². The Kier molecular flexibility index (Phi) is 4.62. The quantitative estimate of drug-likeness (QED) is 0.745. The van der Waals surface area contributed by atoms with Crippen LogP contribution >= 0.6 is 11.6 Å². The summed E-state index contributed by atoms with van der Waals surface area (Å²) in [6.07, 6.45) is 2.69. The van der Waals surface area contributed by atoms with Crippen LogP contribution in [0.4, 0.5) is 5.69 Å². The van der Waals surface area contributed by atoms with Crippen molar-refractivity contribution >= 4 is 34.1 Å². The maximum atomic E-state index is 11.3. The number of amides is 1. The molecule has 3 rings (SSSR count). The van der Waals surface area contributed by atoms with Gasteiger partial charge in [0.05, 0.1) is 11.2 Å². The highest BCUT2D eigenvalue weighted by molar-refractivity contribution is 6.30. The molecule has 2 aromatic carbocycles. The van der Waals surface area contributed by atoms with Crippen LogP contribution in [0.2, 0.25) is 5.02 Å². The Bertz CT molecular complexity index is 911. The molecule has 0 aliphatic heterocycles. The van der Waals surface area contributed by atoms with E-state index in [4.69, 9.17) is 23.1 Å². The first-order chi connectivity index (χ1) is 11.6. The Morgan fingerprint density at radius 2 is 1.88 bits per heavy atom. The summed E-state index contributed by atoms with van der Waals surface area (Å²) in [5.74, 6) is -0.673. The van der Waals surface area contributed by atoms with E-state index in [0.29, 0.717) is 10.9 Å². The number of carbonyl (C=O) groups is 1. The lowest BCUT2D eigenvalue weighted by molar-refractivity contribution is 0.0996. The van der Waals surface area contributed by atoms with Gasteiger partial charge >= 0.3 is 0 Å². The van der Waals surface area contributed by atoms with Crippen molar-refractivity contribution in [2.24, 2.45) is 5.73 Å². The predicted molar refractivity (Wildman–Crippen MR) is 95.9 cm³/mol. The zero-order chi connectivity index (χ0) is 17.1. The first kappa shape index (κ1) is 16.2. The van der Waals surface area contributed by atoms with Gasteiger partial charge in [0, 0.05) is 10.4 Å². The number of primary amides is 1. The van der Waals surface area contributed by atoms with Gasteiger partial charge in [0.2, 0.25) is 0 Å². The van der Waals surface area contributed by atoms with Gasteiger partial charge in [-0.1, -0.05) is 41.9 Å². The van der Waals surface area contributed by atoms with Crippen molar-refractivity contribution in [1.29, 1.82) is 0 Å². The molecule has 0 saturated heterocycles. The van der Waals surface area contributed by atoms with Crippen molar-refractivity contribution in [2.45, 2.75) is 19.3 Å². The number of anilines is 1. The Balaban J connectivity index is 1.82. The number of aromatic nitrogens is 2. The van der Waals surface area contributed by atoms with Crippen molar-refractivity contribution < 1.29 is 4.79 Å². The third-order valence-corrected chi connectivity index (χ3v) is 4.18. The molecule has 0 unspecified atom stereocenters. The maximum Gasteiger partial charge on any atom is 0.271 e. The molecule has 4 N–H and O–H groups in total. The molecule has 6 heteroatoms. The first-order valence-corrected chi connectivity index (χ1v) is 8.02. The van der Waals surface area contributed by atoms with Crippen LogP contribution in [0.3, 0.4) is 0 Å². The summed E-state index contributed by atoms with van der Waals surface area (Å²) in [5, 5.41) is 9.48. The molecule has 1 amide bonds. The fraction of sp³-hybridized carbons (Fsp3) is 0.167. The Morgan fingerprint density at radius 3 is 2.62 bits per heavy atom. The normalized spacial score (nSPS) is 10.9. The maximum absolute atomic E-state index is 11.3. The van der Waals surface area contributed by atoms with Gasteiger partial charge in [-0.3, -0.25) is 4.79 Å². The number of aryl methyl sites for hydroxylation is 2. The van der Waals surface area contributed by atoms with Crippen LogP contribution in [-0.4, -0.2) is 16.1 Å². The van der Waals surface area contributed by atoms with Crippen molar-refractivity contribution in [2.75, 3.05) is 5.73 Å². The van der Waals surface area contributed by atoms with Crippen molar-refractivity contribution in [3.63, 3.8) is 0 Å². The standard InChI is InChI=1S/C18H17ClN4O/c19-13-8-2-5-11(10-13)4-1-6-12-7-3-9-14-15(20)17(18(21)24)23-22-16(12)14/h2-3,5,7-10H,1,4,6H2,(H2,20,22)(H2,21,24). The smallest absolute Gasteiger partial charge is 0.271 e. The van der Waals surface area contributed by atoms with Gasteiger partial charge in [-0.15, -0.1) is 10.2 Å². The molecule has 0 radical (unpaired) electrons. The van der Waals surface area contributed by atoms with Gasteiger partial charge in [-0.25, -0.2) is 0 Å². The summed E-state index contributed by atoms with van der Waals surface area (Å²) in [5.41, 5.74) is 14.5. The zero-order valence-corrected chi connectivity index (χ0v) is 13.8. The molecule has 122 valence electrons. The lowest BCUT2D eigenvalue weighted by Crippen LogP contribution is -2.17. The third kappa shape index (κ3) is 3.31. The number of hydrogen-bond acceptors (Lipinski definition) is 4. The van der Waals surface area contributed by atoms with Crippen LogP contribution in [0.5, 0.6) is 0 Å². The molecule has 0 aliphatic rings. The SMILES string of the molecule is NC(=O)c1nnc2c(CCCc3cccc(Cl)c3)cccc2c1N. The fourth-order valence-electron chi connectivity index (χ4n) is 2.77. The number of benzene rings is 2. The lowest BCUT2D eigenvalue weighted by Gasteiger charge is -2.09. The Labute approximate surface area is 144 Å². The molecule has 0 atom stereocenters. The Morgan fingerprint density at radius 1 is 1.08 bits per heavy atom. The van der Waals surface area contributed by atoms with E-state index < -0.39 is 5.91 Å². The highest BCUT2D eigenvalue weighted by atomic mass is 35.5. The summed E-state index contributed by atoms with van der Waals surface area (Å²) in [7, 11) is 0. The molecule has 0 aliphatic carbocycles. The average molecular weight is 341 g/mol. The minimum atomic E-state index is -0.673. The topological polar surface area (TPSA) is 94.9 Å².